The molecule has 0 N–H and O–H groups in total. The molecular formula is C37H27B5ClN3. The van der Waals surface area contributed by atoms with Crippen molar-refractivity contribution in [1.82, 2.24) is 15.0 Å². The Labute approximate surface area is 277 Å². The van der Waals surface area contributed by atoms with Crippen LogP contribution in [0.15, 0.2) is 103 Å². The summed E-state index contributed by atoms with van der Waals surface area (Å²) in [6.07, 6.45) is 0. The second-order valence-electron chi connectivity index (χ2n) is 12.4. The minimum Gasteiger partial charge on any atom is -0.208 e. The van der Waals surface area contributed by atoms with Crippen LogP contribution in [0.1, 0.15) is 0 Å². The molecule has 7 aromatic carbocycles. The fourth-order valence-corrected chi connectivity index (χ4v) is 7.20. The maximum absolute atomic E-state index is 6.54. The number of hydrogen-bond donors (Lipinski definition) is 0. The Kier molecular flexibility index (Phi) is 6.81. The first kappa shape index (κ1) is 28.7. The maximum Gasteiger partial charge on any atom is 0.226 e. The summed E-state index contributed by atoms with van der Waals surface area (Å²) >= 11 is 6.54. The van der Waals surface area contributed by atoms with Gasteiger partial charge in [-0.25, -0.2) is 4.98 Å². The third-order valence-corrected chi connectivity index (χ3v) is 10.2. The summed E-state index contributed by atoms with van der Waals surface area (Å²) in [6.45, 7) is 0. The number of rotatable bonds is 3. The summed E-state index contributed by atoms with van der Waals surface area (Å²) in [6, 6.07) is 36.7. The predicted octanol–water partition coefficient (Wildman–Crippen LogP) is 1.43. The Balaban J connectivity index is 1.20. The van der Waals surface area contributed by atoms with Crippen molar-refractivity contribution in [1.29, 1.82) is 0 Å². The second kappa shape index (κ2) is 10.9. The van der Waals surface area contributed by atoms with Crippen molar-refractivity contribution in [2.75, 3.05) is 0 Å². The van der Waals surface area contributed by atoms with E-state index in [-0.39, 0.29) is 5.28 Å². The van der Waals surface area contributed by atoms with Crippen molar-refractivity contribution in [3.8, 4) is 33.9 Å². The molecule has 0 fully saturated rings. The number of benzene rings is 7. The molecule has 0 bridgehead atoms. The highest BCUT2D eigenvalue weighted by Gasteiger charge is 2.15. The molecule has 0 radical (unpaired) electrons. The van der Waals surface area contributed by atoms with Gasteiger partial charge in [-0.2, -0.15) is 9.97 Å². The highest BCUT2D eigenvalue weighted by Crippen LogP contribution is 2.34. The summed E-state index contributed by atoms with van der Waals surface area (Å²) in [5.41, 5.74) is 11.2. The summed E-state index contributed by atoms with van der Waals surface area (Å²) in [5.74, 6) is 1.11. The molecule has 0 atom stereocenters. The monoisotopic (exact) mass is 603 g/mol. The lowest BCUT2D eigenvalue weighted by molar-refractivity contribution is 1.07. The molecule has 46 heavy (non-hydrogen) atoms. The number of fused-ring (bicyclic) bond motifs is 6. The highest BCUT2D eigenvalue weighted by molar-refractivity contribution is 6.68. The Morgan fingerprint density at radius 3 is 1.54 bits per heavy atom. The zero-order valence-electron chi connectivity index (χ0n) is 26.5. The Hall–Kier alpha value is -4.80. The van der Waals surface area contributed by atoms with E-state index in [1.807, 2.05) is 0 Å². The number of hydrogen-bond acceptors (Lipinski definition) is 3. The molecular weight excluding hydrogens is 576 g/mol. The van der Waals surface area contributed by atoms with Gasteiger partial charge in [-0.15, -0.1) is 16.4 Å². The average Bonchev–Trinajstić information content (AvgIpc) is 3.09. The van der Waals surface area contributed by atoms with E-state index in [0.717, 1.165) is 21.9 Å². The summed E-state index contributed by atoms with van der Waals surface area (Å²) in [7, 11) is 11.1. The minimum absolute atomic E-state index is 0.176. The van der Waals surface area contributed by atoms with Crippen molar-refractivity contribution < 1.29 is 0 Å². The molecule has 8 rings (SSSR count). The standard InChI is InChI=1S/C37H27B5ClN3/c38-30-29(31(39)33(41)34(42)32(30)40)22-8-6-21-16-23(10-7-20(21)15-22)35-44-36(46-37(43)45-35)24-9-5-19-12-13-26-25-4-2-1-3-18(25)11-14-27(26)28(19)17-24/h1-17H,38-42H2. The van der Waals surface area contributed by atoms with Crippen LogP contribution in [0.3, 0.4) is 0 Å². The largest absolute Gasteiger partial charge is 0.226 e. The lowest BCUT2D eigenvalue weighted by Crippen LogP contribution is -2.55. The topological polar surface area (TPSA) is 38.7 Å². The van der Waals surface area contributed by atoms with Crippen LogP contribution >= 0.6 is 11.6 Å². The molecule has 1 heterocycles. The quantitative estimate of drug-likeness (QED) is 0.227. The first-order valence-corrected chi connectivity index (χ1v) is 16.0. The van der Waals surface area contributed by atoms with Gasteiger partial charge in [-0.1, -0.05) is 95.9 Å². The molecule has 0 aliphatic carbocycles. The van der Waals surface area contributed by atoms with Crippen molar-refractivity contribution in [2.45, 2.75) is 0 Å². The van der Waals surface area contributed by atoms with Gasteiger partial charge in [0, 0.05) is 11.1 Å². The Morgan fingerprint density at radius 2 is 0.870 bits per heavy atom. The lowest BCUT2D eigenvalue weighted by Gasteiger charge is -2.20. The molecule has 8 aromatic rings. The fourth-order valence-electron chi connectivity index (χ4n) is 7.04. The normalized spacial score (nSPS) is 11.6. The smallest absolute Gasteiger partial charge is 0.208 e. The third-order valence-electron chi connectivity index (χ3n) is 10.00. The first-order valence-electron chi connectivity index (χ1n) is 15.6. The summed E-state index contributed by atoms with van der Waals surface area (Å²) in [4.78, 5) is 14.0. The average molecular weight is 603 g/mol. The van der Waals surface area contributed by atoms with Crippen LogP contribution in [0, 0.1) is 0 Å². The molecule has 0 aliphatic rings. The van der Waals surface area contributed by atoms with Crippen molar-refractivity contribution in [3.05, 3.63) is 108 Å². The number of nitrogens with zero attached hydrogens (tertiary/aromatic N) is 3. The molecule has 0 amide bonds. The van der Waals surface area contributed by atoms with Gasteiger partial charge in [-0.05, 0) is 84.0 Å². The first-order chi connectivity index (χ1) is 22.3. The van der Waals surface area contributed by atoms with E-state index in [1.165, 1.54) is 70.8 Å². The Bertz CT molecular complexity index is 2540. The van der Waals surface area contributed by atoms with E-state index < -0.39 is 0 Å². The maximum atomic E-state index is 6.54. The minimum atomic E-state index is 0.176. The van der Waals surface area contributed by atoms with Gasteiger partial charge in [-0.3, -0.25) is 0 Å². The molecule has 0 unspecified atom stereocenters. The SMILES string of the molecule is Bc1c(B)c(B)c(-c2ccc3cc(-c4nc(Cl)nc(-c5ccc6ccc7c8ccccc8ccc7c6c5)n4)ccc3c2)c(B)c1B. The fraction of sp³-hybridized carbons (Fsp3) is 0. The molecule has 0 saturated heterocycles. The van der Waals surface area contributed by atoms with Gasteiger partial charge in [0.05, 0.1) is 0 Å². The zero-order chi connectivity index (χ0) is 31.7. The van der Waals surface area contributed by atoms with E-state index in [4.69, 9.17) is 16.6 Å². The second-order valence-corrected chi connectivity index (χ2v) is 12.7. The molecule has 9 heteroatoms. The van der Waals surface area contributed by atoms with Crippen LogP contribution in [0.5, 0.6) is 0 Å². The van der Waals surface area contributed by atoms with Crippen molar-refractivity contribution >= 4 is 121 Å². The van der Waals surface area contributed by atoms with E-state index >= 15 is 0 Å². The van der Waals surface area contributed by atoms with Gasteiger partial charge in [0.1, 0.15) is 39.2 Å². The van der Waals surface area contributed by atoms with E-state index in [0.29, 0.717) is 11.6 Å². The molecule has 1 aromatic heterocycles. The van der Waals surface area contributed by atoms with Crippen molar-refractivity contribution in [2.24, 2.45) is 0 Å². The van der Waals surface area contributed by atoms with Crippen molar-refractivity contribution in [3.63, 3.8) is 0 Å². The van der Waals surface area contributed by atoms with Gasteiger partial charge in [0.2, 0.25) is 5.28 Å². The highest BCUT2D eigenvalue weighted by atomic mass is 35.5. The van der Waals surface area contributed by atoms with E-state index in [2.05, 4.69) is 152 Å². The Morgan fingerprint density at radius 1 is 0.391 bits per heavy atom. The number of halogens is 1. The molecule has 0 saturated carbocycles. The molecule has 3 nitrogen and oxygen atoms in total. The van der Waals surface area contributed by atoms with Crippen LogP contribution < -0.4 is 27.3 Å². The molecule has 0 spiro atoms. The summed E-state index contributed by atoms with van der Waals surface area (Å²) in [5, 5.41) is 9.71. The van der Waals surface area contributed by atoms with Gasteiger partial charge < -0.3 is 0 Å². The van der Waals surface area contributed by atoms with Gasteiger partial charge in [0.25, 0.3) is 0 Å². The van der Waals surface area contributed by atoms with Crippen LogP contribution in [0.4, 0.5) is 0 Å². The lowest BCUT2D eigenvalue weighted by atomic mass is 9.59. The van der Waals surface area contributed by atoms with Crippen LogP contribution in [0.25, 0.3) is 77.0 Å². The van der Waals surface area contributed by atoms with Crippen LogP contribution in [-0.2, 0) is 0 Å². The summed E-state index contributed by atoms with van der Waals surface area (Å²) < 4.78 is 0. The molecule has 0 aliphatic heterocycles. The van der Waals surface area contributed by atoms with E-state index in [1.54, 1.807) is 0 Å². The third kappa shape index (κ3) is 4.63. The number of aromatic nitrogens is 3. The van der Waals surface area contributed by atoms with E-state index in [9.17, 15) is 0 Å². The zero-order valence-corrected chi connectivity index (χ0v) is 27.3. The van der Waals surface area contributed by atoms with Crippen LogP contribution in [-0.4, -0.2) is 54.2 Å². The van der Waals surface area contributed by atoms with Crippen LogP contribution in [0.2, 0.25) is 5.28 Å². The molecule has 212 valence electrons. The van der Waals surface area contributed by atoms with Gasteiger partial charge >= 0.3 is 0 Å². The predicted molar refractivity (Wildman–Crippen MR) is 212 cm³/mol. The van der Waals surface area contributed by atoms with Gasteiger partial charge in [0.15, 0.2) is 11.6 Å².